The van der Waals surface area contributed by atoms with Crippen molar-refractivity contribution in [3.63, 3.8) is 0 Å². The molecule has 0 aliphatic carbocycles. The summed E-state index contributed by atoms with van der Waals surface area (Å²) in [6.07, 6.45) is 0. The highest BCUT2D eigenvalue weighted by atomic mass is 35.5. The molecule has 1 N–H and O–H groups in total. The smallest absolute Gasteiger partial charge is 0.283 e. The van der Waals surface area contributed by atoms with Crippen LogP contribution in [0.1, 0.15) is 0 Å². The predicted octanol–water partition coefficient (Wildman–Crippen LogP) is 3.69. The minimum absolute atomic E-state index is 0.0345. The van der Waals surface area contributed by atoms with E-state index in [9.17, 15) is 19.7 Å². The summed E-state index contributed by atoms with van der Waals surface area (Å²) in [6, 6.07) is 9.81. The maximum absolute atomic E-state index is 12.8. The number of nitrogens with one attached hydrogen (secondary N) is 1. The molecule has 0 atom stereocenters. The standard InChI is InChI=1S/C17H11Cl2N3O5/c1-27-13-6-5-9(18)7-12(13)20-15-14(19)16(23)21(17(15)24)10-3-2-4-11(8-10)22(25)26/h2-8,20H,1H3. The van der Waals surface area contributed by atoms with Gasteiger partial charge >= 0.3 is 0 Å². The van der Waals surface area contributed by atoms with Crippen LogP contribution in [0.3, 0.4) is 0 Å². The Hall–Kier alpha value is -3.10. The van der Waals surface area contributed by atoms with E-state index in [-0.39, 0.29) is 22.1 Å². The summed E-state index contributed by atoms with van der Waals surface area (Å²) < 4.78 is 5.19. The number of ether oxygens (including phenoxy) is 1. The Morgan fingerprint density at radius 2 is 1.85 bits per heavy atom. The molecule has 3 rings (SSSR count). The zero-order valence-electron chi connectivity index (χ0n) is 13.7. The number of hydrogen-bond donors (Lipinski definition) is 1. The number of nitro groups is 1. The zero-order valence-corrected chi connectivity index (χ0v) is 15.2. The van der Waals surface area contributed by atoms with Gasteiger partial charge in [-0.05, 0) is 24.3 Å². The number of hydrogen-bond acceptors (Lipinski definition) is 6. The van der Waals surface area contributed by atoms with Crippen LogP contribution in [-0.2, 0) is 9.59 Å². The average Bonchev–Trinajstić information content (AvgIpc) is 2.85. The van der Waals surface area contributed by atoms with Crippen molar-refractivity contribution in [3.05, 3.63) is 68.3 Å². The van der Waals surface area contributed by atoms with E-state index in [1.165, 1.54) is 31.4 Å². The number of non-ortho nitro benzene ring substituents is 1. The highest BCUT2D eigenvalue weighted by Crippen LogP contribution is 2.34. The molecular weight excluding hydrogens is 397 g/mol. The van der Waals surface area contributed by atoms with Gasteiger partial charge < -0.3 is 10.1 Å². The molecule has 1 aliphatic heterocycles. The third kappa shape index (κ3) is 3.44. The van der Waals surface area contributed by atoms with Gasteiger partial charge in [-0.15, -0.1) is 0 Å². The Morgan fingerprint density at radius 1 is 1.11 bits per heavy atom. The van der Waals surface area contributed by atoms with E-state index in [0.717, 1.165) is 11.0 Å². The third-order valence-corrected chi connectivity index (χ3v) is 4.33. The fourth-order valence-corrected chi connectivity index (χ4v) is 2.89. The van der Waals surface area contributed by atoms with Crippen molar-refractivity contribution < 1.29 is 19.2 Å². The van der Waals surface area contributed by atoms with Crippen LogP contribution in [0.2, 0.25) is 5.02 Å². The van der Waals surface area contributed by atoms with Gasteiger partial charge in [0.25, 0.3) is 17.5 Å². The number of anilines is 2. The van der Waals surface area contributed by atoms with Gasteiger partial charge in [0.05, 0.1) is 23.4 Å². The SMILES string of the molecule is COc1ccc(Cl)cc1NC1=C(Cl)C(=O)N(c2cccc([N+](=O)[O-])c2)C1=O. The molecule has 8 nitrogen and oxygen atoms in total. The summed E-state index contributed by atoms with van der Waals surface area (Å²) in [5.41, 5.74) is -0.0803. The van der Waals surface area contributed by atoms with Crippen LogP contribution >= 0.6 is 23.2 Å². The zero-order chi connectivity index (χ0) is 19.7. The monoisotopic (exact) mass is 407 g/mol. The quantitative estimate of drug-likeness (QED) is 0.460. The lowest BCUT2D eigenvalue weighted by molar-refractivity contribution is -0.384. The first-order chi connectivity index (χ1) is 12.8. The number of imide groups is 1. The number of amides is 2. The molecule has 0 aromatic heterocycles. The lowest BCUT2D eigenvalue weighted by atomic mass is 10.2. The van der Waals surface area contributed by atoms with Crippen molar-refractivity contribution >= 4 is 52.1 Å². The van der Waals surface area contributed by atoms with E-state index in [1.54, 1.807) is 12.1 Å². The van der Waals surface area contributed by atoms with Gasteiger partial charge in [0, 0.05) is 17.2 Å². The Bertz CT molecular complexity index is 1010. The maximum atomic E-state index is 12.8. The molecule has 10 heteroatoms. The summed E-state index contributed by atoms with van der Waals surface area (Å²) in [5, 5.41) is 13.7. The number of nitro benzene ring substituents is 1. The largest absolute Gasteiger partial charge is 0.495 e. The summed E-state index contributed by atoms with van der Waals surface area (Å²) in [5.74, 6) is -1.18. The van der Waals surface area contributed by atoms with Crippen LogP contribution in [0.4, 0.5) is 17.1 Å². The van der Waals surface area contributed by atoms with Gasteiger partial charge in [0.1, 0.15) is 16.5 Å². The minimum atomic E-state index is -0.800. The molecule has 2 amide bonds. The van der Waals surface area contributed by atoms with Crippen molar-refractivity contribution in [3.8, 4) is 5.75 Å². The highest BCUT2D eigenvalue weighted by molar-refractivity contribution is 6.53. The van der Waals surface area contributed by atoms with Crippen LogP contribution in [0.15, 0.2) is 53.2 Å². The van der Waals surface area contributed by atoms with Crippen molar-refractivity contribution in [2.24, 2.45) is 0 Å². The molecule has 27 heavy (non-hydrogen) atoms. The molecule has 0 spiro atoms. The molecule has 0 saturated carbocycles. The van der Waals surface area contributed by atoms with Gasteiger partial charge in [-0.25, -0.2) is 4.90 Å². The number of benzene rings is 2. The second kappa shape index (κ2) is 7.26. The van der Waals surface area contributed by atoms with Crippen LogP contribution < -0.4 is 15.0 Å². The molecule has 0 unspecified atom stereocenters. The van der Waals surface area contributed by atoms with Gasteiger partial charge in [-0.1, -0.05) is 29.3 Å². The lowest BCUT2D eigenvalue weighted by Crippen LogP contribution is -2.32. The second-order valence-electron chi connectivity index (χ2n) is 5.38. The number of nitrogens with zero attached hydrogens (tertiary/aromatic N) is 2. The Balaban J connectivity index is 1.97. The third-order valence-electron chi connectivity index (χ3n) is 3.75. The maximum Gasteiger partial charge on any atom is 0.283 e. The molecular formula is C17H11Cl2N3O5. The summed E-state index contributed by atoms with van der Waals surface area (Å²) in [6.45, 7) is 0. The fraction of sp³-hybridized carbons (Fsp3) is 0.0588. The number of methoxy groups -OCH3 is 1. The fourth-order valence-electron chi connectivity index (χ4n) is 2.50. The first-order valence-electron chi connectivity index (χ1n) is 7.47. The van der Waals surface area contributed by atoms with Crippen molar-refractivity contribution in [2.75, 3.05) is 17.3 Å². The molecule has 0 radical (unpaired) electrons. The van der Waals surface area contributed by atoms with Crippen LogP contribution in [-0.4, -0.2) is 23.8 Å². The molecule has 0 saturated heterocycles. The number of halogens is 2. The molecule has 0 bridgehead atoms. The average molecular weight is 408 g/mol. The van der Waals surface area contributed by atoms with Gasteiger partial charge in [0.2, 0.25) is 0 Å². The topological polar surface area (TPSA) is 102 Å². The molecule has 0 fully saturated rings. The molecule has 1 heterocycles. The van der Waals surface area contributed by atoms with E-state index < -0.39 is 16.7 Å². The Kier molecular flexibility index (Phi) is 5.02. The number of rotatable bonds is 5. The van der Waals surface area contributed by atoms with E-state index in [0.29, 0.717) is 16.5 Å². The molecule has 138 valence electrons. The molecule has 1 aliphatic rings. The van der Waals surface area contributed by atoms with E-state index in [1.807, 2.05) is 0 Å². The first-order valence-corrected chi connectivity index (χ1v) is 8.22. The second-order valence-corrected chi connectivity index (χ2v) is 6.20. The molecule has 2 aromatic carbocycles. The number of carbonyl (C=O) groups excluding carboxylic acids is 2. The van der Waals surface area contributed by atoms with Crippen molar-refractivity contribution in [1.29, 1.82) is 0 Å². The van der Waals surface area contributed by atoms with Crippen LogP contribution in [0.25, 0.3) is 0 Å². The van der Waals surface area contributed by atoms with E-state index in [2.05, 4.69) is 5.32 Å². The van der Waals surface area contributed by atoms with Gasteiger partial charge in [-0.2, -0.15) is 0 Å². The summed E-state index contributed by atoms with van der Waals surface area (Å²) >= 11 is 12.0. The van der Waals surface area contributed by atoms with Crippen molar-refractivity contribution in [1.82, 2.24) is 0 Å². The van der Waals surface area contributed by atoms with Gasteiger partial charge in [-0.3, -0.25) is 19.7 Å². The Morgan fingerprint density at radius 3 is 2.52 bits per heavy atom. The summed E-state index contributed by atoms with van der Waals surface area (Å²) in [7, 11) is 1.43. The van der Waals surface area contributed by atoms with E-state index >= 15 is 0 Å². The van der Waals surface area contributed by atoms with E-state index in [4.69, 9.17) is 27.9 Å². The first kappa shape index (κ1) is 18.7. The normalized spacial score (nSPS) is 14.0. The predicted molar refractivity (Wildman–Crippen MR) is 100 cm³/mol. The van der Waals surface area contributed by atoms with Crippen LogP contribution in [0, 0.1) is 10.1 Å². The summed E-state index contributed by atoms with van der Waals surface area (Å²) in [4.78, 5) is 36.3. The Labute approximate surface area is 163 Å². The minimum Gasteiger partial charge on any atom is -0.495 e. The van der Waals surface area contributed by atoms with Gasteiger partial charge in [0.15, 0.2) is 0 Å². The lowest BCUT2D eigenvalue weighted by Gasteiger charge is -2.15. The number of carbonyl (C=O) groups is 2. The van der Waals surface area contributed by atoms with Crippen LogP contribution in [0.5, 0.6) is 5.75 Å². The molecule has 2 aromatic rings. The highest BCUT2D eigenvalue weighted by Gasteiger charge is 2.39. The van der Waals surface area contributed by atoms with Crippen molar-refractivity contribution in [2.45, 2.75) is 0 Å².